The minimum atomic E-state index is -0.469. The molecule has 0 saturated heterocycles. The van der Waals surface area contributed by atoms with Crippen LogP contribution in [0, 0.1) is 10.6 Å². The number of H-pyrrole nitrogens is 1. The monoisotopic (exact) mass is 390 g/mol. The Balaban J connectivity index is 1.78. The van der Waals surface area contributed by atoms with Crippen molar-refractivity contribution in [2.45, 2.75) is 19.5 Å². The second-order valence-corrected chi connectivity index (χ2v) is 6.58. The van der Waals surface area contributed by atoms with Crippen LogP contribution in [0.3, 0.4) is 0 Å². The Hall–Kier alpha value is -2.51. The third kappa shape index (κ3) is 4.00. The first-order chi connectivity index (χ1) is 12.5. The Morgan fingerprint density at radius 2 is 2.00 bits per heavy atom. The summed E-state index contributed by atoms with van der Waals surface area (Å²) in [7, 11) is 0. The zero-order valence-electron chi connectivity index (χ0n) is 13.9. The average molecular weight is 391 g/mol. The number of amides is 1. The van der Waals surface area contributed by atoms with E-state index in [1.165, 1.54) is 6.07 Å². The molecular weight excluding hydrogens is 375 g/mol. The van der Waals surface area contributed by atoms with E-state index in [-0.39, 0.29) is 18.3 Å². The number of hydrogen-bond donors (Lipinski definition) is 2. The molecule has 0 aliphatic carbocycles. The molecule has 2 aromatic carbocycles. The summed E-state index contributed by atoms with van der Waals surface area (Å²) in [5.41, 5.74) is 1.20. The molecule has 0 bridgehead atoms. The first kappa shape index (κ1) is 18.3. The molecular formula is C18H16ClFN4OS. The van der Waals surface area contributed by atoms with E-state index in [0.717, 1.165) is 5.56 Å². The van der Waals surface area contributed by atoms with E-state index in [4.69, 9.17) is 23.8 Å². The Kier molecular flexibility index (Phi) is 5.49. The zero-order chi connectivity index (χ0) is 18.7. The Labute approximate surface area is 159 Å². The summed E-state index contributed by atoms with van der Waals surface area (Å²) in [6.45, 7) is 1.69. The molecule has 1 amide bonds. The number of halogens is 2. The maximum Gasteiger partial charge on any atom is 0.240 e. The second-order valence-electron chi connectivity index (χ2n) is 5.76. The van der Waals surface area contributed by atoms with Gasteiger partial charge in [-0.25, -0.2) is 4.39 Å². The van der Waals surface area contributed by atoms with Crippen molar-refractivity contribution in [3.8, 4) is 11.4 Å². The normalized spacial score (nSPS) is 12.0. The number of aromatic amines is 1. The number of benzene rings is 2. The third-order valence-corrected chi connectivity index (χ3v) is 4.48. The number of hydrogen-bond acceptors (Lipinski definition) is 3. The van der Waals surface area contributed by atoms with E-state index in [1.807, 2.05) is 0 Å². The first-order valence-electron chi connectivity index (χ1n) is 7.90. The highest BCUT2D eigenvalue weighted by Gasteiger charge is 2.16. The van der Waals surface area contributed by atoms with Gasteiger partial charge in [-0.05, 0) is 49.5 Å². The molecule has 1 unspecified atom stereocenters. The Morgan fingerprint density at radius 3 is 2.69 bits per heavy atom. The summed E-state index contributed by atoms with van der Waals surface area (Å²) < 4.78 is 15.8. The third-order valence-electron chi connectivity index (χ3n) is 3.91. The summed E-state index contributed by atoms with van der Waals surface area (Å²) in [5.74, 6) is -0.129. The highest BCUT2D eigenvalue weighted by Crippen LogP contribution is 2.20. The lowest BCUT2D eigenvalue weighted by molar-refractivity contribution is -0.122. The lowest BCUT2D eigenvalue weighted by Crippen LogP contribution is -2.30. The van der Waals surface area contributed by atoms with Crippen molar-refractivity contribution in [3.63, 3.8) is 0 Å². The minimum absolute atomic E-state index is 0.0356. The van der Waals surface area contributed by atoms with Crippen LogP contribution in [0.15, 0.2) is 48.5 Å². The van der Waals surface area contributed by atoms with E-state index >= 15 is 0 Å². The fraction of sp³-hybridized carbons (Fsp3) is 0.167. The fourth-order valence-corrected chi connectivity index (χ4v) is 2.94. The SMILES string of the molecule is CC(NC(=O)Cn1c(-c2ccc(Cl)cc2)n[nH]c1=S)c1ccccc1F. The van der Waals surface area contributed by atoms with Crippen molar-refractivity contribution in [1.29, 1.82) is 0 Å². The highest BCUT2D eigenvalue weighted by atomic mass is 35.5. The molecule has 1 heterocycles. The van der Waals surface area contributed by atoms with Gasteiger partial charge in [0.1, 0.15) is 12.4 Å². The highest BCUT2D eigenvalue weighted by molar-refractivity contribution is 7.71. The summed E-state index contributed by atoms with van der Waals surface area (Å²) in [4.78, 5) is 12.4. The molecule has 0 spiro atoms. The lowest BCUT2D eigenvalue weighted by atomic mass is 10.1. The molecule has 26 heavy (non-hydrogen) atoms. The number of carbonyl (C=O) groups excluding carboxylic acids is 1. The van der Waals surface area contributed by atoms with Gasteiger partial charge in [-0.2, -0.15) is 5.10 Å². The van der Waals surface area contributed by atoms with Crippen LogP contribution in [0.2, 0.25) is 5.02 Å². The van der Waals surface area contributed by atoms with Crippen molar-refractivity contribution < 1.29 is 9.18 Å². The van der Waals surface area contributed by atoms with Crippen molar-refractivity contribution >= 4 is 29.7 Å². The topological polar surface area (TPSA) is 62.7 Å². The van der Waals surface area contributed by atoms with Crippen molar-refractivity contribution in [2.75, 3.05) is 0 Å². The van der Waals surface area contributed by atoms with Crippen LogP contribution >= 0.6 is 23.8 Å². The standard InChI is InChI=1S/C18H16ClFN4OS/c1-11(14-4-2-3-5-15(14)20)21-16(25)10-24-17(22-23-18(24)26)12-6-8-13(19)9-7-12/h2-9,11H,10H2,1H3,(H,21,25)(H,23,26). The van der Waals surface area contributed by atoms with Crippen molar-refractivity contribution in [1.82, 2.24) is 20.1 Å². The maximum atomic E-state index is 13.9. The molecule has 5 nitrogen and oxygen atoms in total. The number of carbonyl (C=O) groups is 1. The van der Waals surface area contributed by atoms with E-state index in [1.54, 1.807) is 54.0 Å². The largest absolute Gasteiger partial charge is 0.348 e. The Morgan fingerprint density at radius 1 is 1.31 bits per heavy atom. The van der Waals surface area contributed by atoms with Gasteiger partial charge in [0.05, 0.1) is 6.04 Å². The van der Waals surface area contributed by atoms with Crippen LogP contribution in [-0.4, -0.2) is 20.7 Å². The molecule has 1 aromatic heterocycles. The van der Waals surface area contributed by atoms with E-state index in [0.29, 0.717) is 21.2 Å². The summed E-state index contributed by atoms with van der Waals surface area (Å²) in [6, 6.07) is 12.9. The molecule has 3 aromatic rings. The number of aromatic nitrogens is 3. The van der Waals surface area contributed by atoms with Gasteiger partial charge in [0.2, 0.25) is 5.91 Å². The second kappa shape index (κ2) is 7.80. The van der Waals surface area contributed by atoms with Crippen LogP contribution in [0.1, 0.15) is 18.5 Å². The van der Waals surface area contributed by atoms with Gasteiger partial charge >= 0.3 is 0 Å². The molecule has 0 saturated carbocycles. The lowest BCUT2D eigenvalue weighted by Gasteiger charge is -2.15. The zero-order valence-corrected chi connectivity index (χ0v) is 15.4. The molecule has 0 aliphatic heterocycles. The van der Waals surface area contributed by atoms with Crippen LogP contribution in [0.25, 0.3) is 11.4 Å². The number of nitrogens with zero attached hydrogens (tertiary/aromatic N) is 2. The van der Waals surface area contributed by atoms with Gasteiger partial charge in [-0.15, -0.1) is 0 Å². The van der Waals surface area contributed by atoms with E-state index in [9.17, 15) is 9.18 Å². The van der Waals surface area contributed by atoms with E-state index in [2.05, 4.69) is 15.5 Å². The van der Waals surface area contributed by atoms with Crippen molar-refractivity contribution in [2.24, 2.45) is 0 Å². The summed E-state index contributed by atoms with van der Waals surface area (Å²) in [5, 5.41) is 10.3. The van der Waals surface area contributed by atoms with Crippen LogP contribution < -0.4 is 5.32 Å². The fourth-order valence-electron chi connectivity index (χ4n) is 2.62. The molecule has 134 valence electrons. The Bertz CT molecular complexity index is 983. The molecule has 0 aliphatic rings. The summed E-state index contributed by atoms with van der Waals surface area (Å²) in [6.07, 6.45) is 0. The van der Waals surface area contributed by atoms with Gasteiger partial charge in [0, 0.05) is 16.1 Å². The van der Waals surface area contributed by atoms with E-state index < -0.39 is 6.04 Å². The first-order valence-corrected chi connectivity index (χ1v) is 8.69. The molecule has 2 N–H and O–H groups in total. The van der Waals surface area contributed by atoms with Gasteiger partial charge in [-0.1, -0.05) is 29.8 Å². The van der Waals surface area contributed by atoms with Crippen molar-refractivity contribution in [3.05, 3.63) is 69.7 Å². The minimum Gasteiger partial charge on any atom is -0.348 e. The molecule has 3 rings (SSSR count). The molecule has 1 atom stereocenters. The maximum absolute atomic E-state index is 13.9. The smallest absolute Gasteiger partial charge is 0.240 e. The average Bonchev–Trinajstić information content (AvgIpc) is 2.96. The number of rotatable bonds is 5. The van der Waals surface area contributed by atoms with Crippen LogP contribution in [-0.2, 0) is 11.3 Å². The van der Waals surface area contributed by atoms with Gasteiger partial charge < -0.3 is 5.32 Å². The summed E-state index contributed by atoms with van der Waals surface area (Å²) >= 11 is 11.1. The van der Waals surface area contributed by atoms with Gasteiger partial charge in [0.25, 0.3) is 0 Å². The molecule has 0 radical (unpaired) electrons. The number of nitrogens with one attached hydrogen (secondary N) is 2. The van der Waals surface area contributed by atoms with Crippen LogP contribution in [0.4, 0.5) is 4.39 Å². The molecule has 0 fully saturated rings. The van der Waals surface area contributed by atoms with Crippen LogP contribution in [0.5, 0.6) is 0 Å². The predicted octanol–water partition coefficient (Wildman–Crippen LogP) is 4.28. The van der Waals surface area contributed by atoms with Gasteiger partial charge in [-0.3, -0.25) is 14.5 Å². The van der Waals surface area contributed by atoms with Gasteiger partial charge in [0.15, 0.2) is 10.6 Å². The molecule has 8 heteroatoms. The quantitative estimate of drug-likeness (QED) is 0.639. The predicted molar refractivity (Wildman–Crippen MR) is 101 cm³/mol.